The number of fused-ring (bicyclic) bond motifs is 5. The van der Waals surface area contributed by atoms with Crippen molar-refractivity contribution in [2.24, 2.45) is 47.3 Å². The van der Waals surface area contributed by atoms with E-state index in [-0.39, 0.29) is 17.3 Å². The zero-order chi connectivity index (χ0) is 13.0. The molecule has 0 aromatic rings. The molecule has 1 heteroatoms. The van der Waals surface area contributed by atoms with Crippen molar-refractivity contribution in [2.45, 2.75) is 79.1 Å². The third kappa shape index (κ3) is 2.61. The average molecular weight is 290 g/mol. The van der Waals surface area contributed by atoms with E-state index in [0.29, 0.717) is 0 Å². The maximum Gasteiger partial charge on any atom is 0 e. The molecule has 0 N–H and O–H groups in total. The van der Waals surface area contributed by atoms with Crippen molar-refractivity contribution in [1.82, 2.24) is 0 Å². The quantitative estimate of drug-likeness (QED) is 0.478. The molecule has 0 saturated heterocycles. The first-order valence-electron chi connectivity index (χ1n) is 9.27. The van der Waals surface area contributed by atoms with Gasteiger partial charge in [0.15, 0.2) is 0 Å². The lowest BCUT2D eigenvalue weighted by atomic mass is 9.48. The monoisotopic (exact) mass is 290 g/mol. The van der Waals surface area contributed by atoms with Crippen molar-refractivity contribution < 1.29 is 1.43 Å². The molecule has 8 atom stereocenters. The number of rotatable bonds is 0. The van der Waals surface area contributed by atoms with Crippen LogP contribution >= 0.6 is 0 Å². The van der Waals surface area contributed by atoms with E-state index < -0.39 is 0 Å². The molecule has 4 fully saturated rings. The maximum absolute atomic E-state index is 2.63. The molecule has 0 spiro atoms. The van der Waals surface area contributed by atoms with Gasteiger partial charge in [-0.25, -0.2) is 0 Å². The Hall–Kier alpha value is 0.0649. The highest BCUT2D eigenvalue weighted by Crippen LogP contribution is 2.61. The summed E-state index contributed by atoms with van der Waals surface area (Å²) in [6, 6.07) is 0. The first-order chi connectivity index (χ1) is 9.27. The second kappa shape index (κ2) is 6.67. The van der Waals surface area contributed by atoms with Crippen LogP contribution in [-0.2, 0) is 0 Å². The first kappa shape index (κ1) is 17.4. The third-order valence-corrected chi connectivity index (χ3v) is 8.11. The van der Waals surface area contributed by atoms with Gasteiger partial charge in [-0.3, -0.25) is 0 Å². The van der Waals surface area contributed by atoms with Crippen molar-refractivity contribution in [1.29, 1.82) is 0 Å². The van der Waals surface area contributed by atoms with Crippen LogP contribution < -0.4 is 0 Å². The summed E-state index contributed by atoms with van der Waals surface area (Å²) in [7, 11) is 0. The Morgan fingerprint density at radius 2 is 1.29 bits per heavy atom. The zero-order valence-corrected chi connectivity index (χ0v) is 13.6. The molecule has 121 valence electrons. The van der Waals surface area contributed by atoms with Crippen LogP contribution in [0.5, 0.6) is 0 Å². The van der Waals surface area contributed by atoms with Gasteiger partial charge in [0.1, 0.15) is 0 Å². The fourth-order valence-electron chi connectivity index (χ4n) is 7.24. The molecule has 0 heterocycles. The van der Waals surface area contributed by atoms with E-state index in [1.165, 1.54) is 6.42 Å². The third-order valence-electron chi connectivity index (χ3n) is 8.11. The van der Waals surface area contributed by atoms with Crippen LogP contribution in [0.3, 0.4) is 0 Å². The second-order valence-corrected chi connectivity index (χ2v) is 8.50. The summed E-state index contributed by atoms with van der Waals surface area (Å²) in [6.45, 7) is 5.25. The lowest BCUT2D eigenvalue weighted by Crippen LogP contribution is -2.50. The summed E-state index contributed by atoms with van der Waals surface area (Å²) < 4.78 is 0. The standard InChI is InChI=1S/C19H32.CH4.B.H2/c1-12-13(2)19-16-9-5-6-14(16)10-11-18(19)17-8-4-3-7-15(12)17;;;/h12-19H,3-11H2,1-2H3;1H4;;1H/t12-,13-,14?,15?,16?,17?,18?,19?;;;/m1.../s1/i;;;1+1. The summed E-state index contributed by atoms with van der Waals surface area (Å²) >= 11 is 0. The number of hydrogen-bond donors (Lipinski definition) is 0. The van der Waals surface area contributed by atoms with E-state index in [2.05, 4.69) is 13.8 Å². The van der Waals surface area contributed by atoms with Gasteiger partial charge >= 0.3 is 0 Å². The Labute approximate surface area is 136 Å². The molecule has 0 nitrogen and oxygen atoms in total. The molecule has 4 aliphatic rings. The van der Waals surface area contributed by atoms with Crippen molar-refractivity contribution >= 4 is 8.41 Å². The fraction of sp³-hybridized carbons (Fsp3) is 1.00. The fourth-order valence-corrected chi connectivity index (χ4v) is 7.24. The predicted octanol–water partition coefficient (Wildman–Crippen LogP) is 6.02. The van der Waals surface area contributed by atoms with Gasteiger partial charge in [0, 0.05) is 9.84 Å². The largest absolute Gasteiger partial charge is 0.0776 e. The smallest absolute Gasteiger partial charge is 0 e. The Morgan fingerprint density at radius 3 is 2.05 bits per heavy atom. The van der Waals surface area contributed by atoms with E-state index in [0.717, 1.165) is 47.3 Å². The molecule has 6 unspecified atom stereocenters. The zero-order valence-electron chi connectivity index (χ0n) is 13.6. The molecule has 4 aliphatic carbocycles. The van der Waals surface area contributed by atoms with Gasteiger partial charge in [-0.1, -0.05) is 47.0 Å². The van der Waals surface area contributed by atoms with Gasteiger partial charge in [-0.15, -0.1) is 0 Å². The lowest BCUT2D eigenvalue weighted by Gasteiger charge is -2.57. The highest BCUT2D eigenvalue weighted by molar-refractivity contribution is 5.75. The minimum absolute atomic E-state index is 0. The Morgan fingerprint density at radius 1 is 0.619 bits per heavy atom. The van der Waals surface area contributed by atoms with Crippen molar-refractivity contribution in [3.05, 3.63) is 0 Å². The molecule has 0 aliphatic heterocycles. The molecule has 3 radical (unpaired) electrons. The molecule has 21 heavy (non-hydrogen) atoms. The molecule has 0 amide bonds. The van der Waals surface area contributed by atoms with Crippen LogP contribution in [0.4, 0.5) is 0 Å². The molecule has 4 rings (SSSR count). The SMILES string of the molecule is C.C[C@H]1C2CCCCC2C2CCC3CCCC3C2[C@@H]1C.[2HH].[B]. The topological polar surface area (TPSA) is 0 Å². The van der Waals surface area contributed by atoms with E-state index in [9.17, 15) is 0 Å². The van der Waals surface area contributed by atoms with Crippen LogP contribution in [-0.4, -0.2) is 8.41 Å². The van der Waals surface area contributed by atoms with Crippen LogP contribution in [0.2, 0.25) is 0 Å². The summed E-state index contributed by atoms with van der Waals surface area (Å²) in [4.78, 5) is 0. The normalized spacial score (nSPS) is 51.7. The van der Waals surface area contributed by atoms with Crippen LogP contribution in [0, 0.1) is 47.3 Å². The second-order valence-electron chi connectivity index (χ2n) is 8.50. The average Bonchev–Trinajstić information content (AvgIpc) is 2.92. The Balaban J connectivity index is 0.000000807. The molecular formula is C20H38B. The van der Waals surface area contributed by atoms with Crippen LogP contribution in [0.25, 0.3) is 0 Å². The van der Waals surface area contributed by atoms with Gasteiger partial charge in [-0.2, -0.15) is 0 Å². The van der Waals surface area contributed by atoms with E-state index in [4.69, 9.17) is 0 Å². The minimum atomic E-state index is 0. The predicted molar refractivity (Wildman–Crippen MR) is 95.4 cm³/mol. The van der Waals surface area contributed by atoms with Gasteiger partial charge in [0.25, 0.3) is 0 Å². The molecular weight excluding hydrogens is 251 g/mol. The van der Waals surface area contributed by atoms with Crippen molar-refractivity contribution in [3.63, 3.8) is 0 Å². The summed E-state index contributed by atoms with van der Waals surface area (Å²) in [5.41, 5.74) is 0. The van der Waals surface area contributed by atoms with Crippen molar-refractivity contribution in [3.8, 4) is 0 Å². The maximum atomic E-state index is 2.63. The van der Waals surface area contributed by atoms with Gasteiger partial charge in [0.05, 0.1) is 0 Å². The summed E-state index contributed by atoms with van der Waals surface area (Å²) in [5, 5.41) is 0. The summed E-state index contributed by atoms with van der Waals surface area (Å²) in [6.07, 6.45) is 14.1. The number of hydrogen-bond acceptors (Lipinski definition) is 0. The molecule has 0 aromatic carbocycles. The minimum Gasteiger partial charge on any atom is -0.0776 e. The van der Waals surface area contributed by atoms with Crippen LogP contribution in [0.1, 0.15) is 80.5 Å². The van der Waals surface area contributed by atoms with Gasteiger partial charge in [0.2, 0.25) is 0 Å². The highest BCUT2D eigenvalue weighted by Gasteiger charge is 2.53. The Bertz CT molecular complexity index is 345. The van der Waals surface area contributed by atoms with Crippen LogP contribution in [0.15, 0.2) is 0 Å². The highest BCUT2D eigenvalue weighted by atomic mass is 14.6. The Kier molecular flexibility index (Phi) is 5.53. The summed E-state index contributed by atoms with van der Waals surface area (Å²) in [5.74, 6) is 8.80. The van der Waals surface area contributed by atoms with E-state index in [1.54, 1.807) is 51.4 Å². The van der Waals surface area contributed by atoms with Gasteiger partial charge in [-0.05, 0) is 79.4 Å². The van der Waals surface area contributed by atoms with E-state index >= 15 is 0 Å². The molecule has 0 bridgehead atoms. The van der Waals surface area contributed by atoms with Crippen molar-refractivity contribution in [2.75, 3.05) is 0 Å². The molecule has 0 aromatic heterocycles. The van der Waals surface area contributed by atoms with E-state index in [1.807, 2.05) is 0 Å². The lowest BCUT2D eigenvalue weighted by molar-refractivity contribution is -0.0844. The molecule has 4 saturated carbocycles. The van der Waals surface area contributed by atoms with Gasteiger partial charge < -0.3 is 0 Å². The first-order valence-corrected chi connectivity index (χ1v) is 9.27.